The quantitative estimate of drug-likeness (QED) is 0.266. The van der Waals surface area contributed by atoms with E-state index in [9.17, 15) is 41.3 Å². The summed E-state index contributed by atoms with van der Waals surface area (Å²) in [5, 5.41) is 10.2. The maximum atomic E-state index is 12.3. The van der Waals surface area contributed by atoms with E-state index < -0.39 is 51.0 Å². The third-order valence-corrected chi connectivity index (χ3v) is 2.63. The van der Waals surface area contributed by atoms with Gasteiger partial charge in [-0.05, 0) is 12.1 Å². The number of nitro benzene ring substituents is 1. The van der Waals surface area contributed by atoms with E-state index >= 15 is 0 Å². The number of hydrogen-bond acceptors (Lipinski definition) is 3. The van der Waals surface area contributed by atoms with Gasteiger partial charge in [-0.1, -0.05) is 11.6 Å². The van der Waals surface area contributed by atoms with Gasteiger partial charge in [0, 0.05) is 17.7 Å². The molecule has 0 N–H and O–H groups in total. The molecule has 1 aromatic carbocycles. The van der Waals surface area contributed by atoms with Crippen molar-refractivity contribution in [2.75, 3.05) is 0 Å². The van der Waals surface area contributed by atoms with Crippen molar-refractivity contribution in [2.45, 2.75) is 12.4 Å². The van der Waals surface area contributed by atoms with Crippen LogP contribution in [-0.4, -0.2) is 23.1 Å². The number of alkyl halides is 6. The van der Waals surface area contributed by atoms with Crippen molar-refractivity contribution in [3.05, 3.63) is 50.5 Å². The average molecular weight is 348 g/mol. The van der Waals surface area contributed by atoms with Crippen molar-refractivity contribution < 1.29 is 36.1 Å². The first-order valence-electron chi connectivity index (χ1n) is 5.18. The lowest BCUT2D eigenvalue weighted by Crippen LogP contribution is -2.27. The van der Waals surface area contributed by atoms with Crippen LogP contribution in [0.5, 0.6) is 0 Å². The van der Waals surface area contributed by atoms with E-state index in [0.29, 0.717) is 6.07 Å². The predicted octanol–water partition coefficient (Wildman–Crippen LogP) is 4.48. The molecule has 0 fully saturated rings. The Balaban J connectivity index is 3.34. The Morgan fingerprint density at radius 3 is 2.05 bits per heavy atom. The van der Waals surface area contributed by atoms with Gasteiger partial charge >= 0.3 is 12.4 Å². The first-order valence-corrected chi connectivity index (χ1v) is 5.56. The first-order chi connectivity index (χ1) is 9.84. The van der Waals surface area contributed by atoms with E-state index in [1.54, 1.807) is 0 Å². The molecular formula is C11H4ClF6NO3. The van der Waals surface area contributed by atoms with Gasteiger partial charge in [0.2, 0.25) is 0 Å². The number of carbonyl (C=O) groups is 1. The lowest BCUT2D eigenvalue weighted by molar-refractivity contribution is -0.384. The van der Waals surface area contributed by atoms with Crippen LogP contribution in [0.4, 0.5) is 32.0 Å². The average Bonchev–Trinajstić information content (AvgIpc) is 2.33. The lowest BCUT2D eigenvalue weighted by Gasteiger charge is -2.14. The van der Waals surface area contributed by atoms with Crippen LogP contribution in [0.3, 0.4) is 0 Å². The molecule has 0 aromatic heterocycles. The number of hydrogen-bond donors (Lipinski definition) is 0. The van der Waals surface area contributed by atoms with Crippen LogP contribution in [0.2, 0.25) is 5.02 Å². The highest BCUT2D eigenvalue weighted by molar-refractivity contribution is 6.32. The number of ketones is 1. The SMILES string of the molecule is O=C(C=C(C(F)(F)F)C(F)(F)F)c1ccc(Cl)c([N+](=O)[O-])c1. The van der Waals surface area contributed by atoms with Gasteiger partial charge in [0.05, 0.1) is 4.92 Å². The Kier molecular flexibility index (Phi) is 4.86. The summed E-state index contributed by atoms with van der Waals surface area (Å²) < 4.78 is 73.8. The fourth-order valence-electron chi connectivity index (χ4n) is 1.34. The van der Waals surface area contributed by atoms with Crippen molar-refractivity contribution in [2.24, 2.45) is 0 Å². The normalized spacial score (nSPS) is 12.0. The van der Waals surface area contributed by atoms with Crippen LogP contribution in [0.15, 0.2) is 29.8 Å². The topological polar surface area (TPSA) is 60.2 Å². The molecule has 1 aromatic rings. The number of allylic oxidation sites excluding steroid dienone is 2. The van der Waals surface area contributed by atoms with E-state index in [2.05, 4.69) is 0 Å². The Morgan fingerprint density at radius 2 is 1.64 bits per heavy atom. The second-order valence-electron chi connectivity index (χ2n) is 3.84. The van der Waals surface area contributed by atoms with E-state index in [4.69, 9.17) is 11.6 Å². The Labute approximate surface area is 123 Å². The van der Waals surface area contributed by atoms with Gasteiger partial charge in [-0.15, -0.1) is 0 Å². The molecule has 0 radical (unpaired) electrons. The van der Waals surface area contributed by atoms with Gasteiger partial charge in [-0.2, -0.15) is 26.3 Å². The van der Waals surface area contributed by atoms with Crippen molar-refractivity contribution in [1.82, 2.24) is 0 Å². The number of benzene rings is 1. The van der Waals surface area contributed by atoms with Crippen molar-refractivity contribution >= 4 is 23.1 Å². The number of carbonyl (C=O) groups excluding carboxylic acids is 1. The molecule has 0 unspecified atom stereocenters. The Bertz CT molecular complexity index is 634. The number of halogens is 7. The zero-order chi connectivity index (χ0) is 17.3. The fraction of sp³-hybridized carbons (Fsp3) is 0.182. The zero-order valence-electron chi connectivity index (χ0n) is 10.1. The van der Waals surface area contributed by atoms with Gasteiger partial charge in [0.15, 0.2) is 5.78 Å². The summed E-state index contributed by atoms with van der Waals surface area (Å²) in [6.45, 7) is 0. The maximum Gasteiger partial charge on any atom is 0.421 e. The molecule has 1 rings (SSSR count). The van der Waals surface area contributed by atoms with Crippen LogP contribution in [0, 0.1) is 10.1 Å². The van der Waals surface area contributed by atoms with Gasteiger partial charge in [0.1, 0.15) is 10.6 Å². The molecule has 120 valence electrons. The number of nitrogens with zero attached hydrogens (tertiary/aromatic N) is 1. The minimum absolute atomic E-state index is 0.419. The molecule has 0 saturated heterocycles. The van der Waals surface area contributed by atoms with Crippen molar-refractivity contribution in [1.29, 1.82) is 0 Å². The summed E-state index contributed by atoms with van der Waals surface area (Å²) >= 11 is 5.42. The molecule has 11 heteroatoms. The van der Waals surface area contributed by atoms with E-state index in [-0.39, 0.29) is 0 Å². The molecular weight excluding hydrogens is 344 g/mol. The number of rotatable bonds is 3. The first kappa shape index (κ1) is 18.0. The molecule has 0 aliphatic carbocycles. The second kappa shape index (κ2) is 5.95. The summed E-state index contributed by atoms with van der Waals surface area (Å²) in [7, 11) is 0. The van der Waals surface area contributed by atoms with E-state index in [1.807, 2.05) is 0 Å². The van der Waals surface area contributed by atoms with Gasteiger partial charge in [-0.3, -0.25) is 14.9 Å². The minimum atomic E-state index is -5.80. The maximum absolute atomic E-state index is 12.3. The molecule has 0 spiro atoms. The standard InChI is InChI=1S/C11H4ClF6NO3/c12-6-2-1-5(3-7(6)19(21)22)8(20)4-9(10(13,14)15)11(16,17)18/h1-4H. The third-order valence-electron chi connectivity index (χ3n) is 2.31. The third kappa shape index (κ3) is 4.20. The molecule has 0 aliphatic rings. The molecule has 0 atom stereocenters. The summed E-state index contributed by atoms with van der Waals surface area (Å²) in [6.07, 6.45) is -12.3. The smallest absolute Gasteiger partial charge is 0.289 e. The largest absolute Gasteiger partial charge is 0.421 e. The van der Waals surface area contributed by atoms with Crippen LogP contribution in [0.25, 0.3) is 0 Å². The molecule has 0 saturated carbocycles. The minimum Gasteiger partial charge on any atom is -0.289 e. The molecule has 0 bridgehead atoms. The highest BCUT2D eigenvalue weighted by Crippen LogP contribution is 2.38. The highest BCUT2D eigenvalue weighted by Gasteiger charge is 2.51. The van der Waals surface area contributed by atoms with Gasteiger partial charge in [0.25, 0.3) is 5.69 Å². The summed E-state index contributed by atoms with van der Waals surface area (Å²) in [4.78, 5) is 21.0. The molecule has 22 heavy (non-hydrogen) atoms. The van der Waals surface area contributed by atoms with Gasteiger partial charge < -0.3 is 0 Å². The summed E-state index contributed by atoms with van der Waals surface area (Å²) in [5.74, 6) is -1.69. The summed E-state index contributed by atoms with van der Waals surface area (Å²) in [5.41, 5.74) is -4.56. The van der Waals surface area contributed by atoms with E-state index in [0.717, 1.165) is 12.1 Å². The summed E-state index contributed by atoms with van der Waals surface area (Å²) in [6, 6.07) is 2.09. The second-order valence-corrected chi connectivity index (χ2v) is 4.25. The lowest BCUT2D eigenvalue weighted by atomic mass is 10.1. The Hall–Kier alpha value is -2.10. The van der Waals surface area contributed by atoms with Crippen LogP contribution in [-0.2, 0) is 0 Å². The van der Waals surface area contributed by atoms with Crippen LogP contribution in [0.1, 0.15) is 10.4 Å². The van der Waals surface area contributed by atoms with Gasteiger partial charge in [-0.25, -0.2) is 0 Å². The monoisotopic (exact) mass is 347 g/mol. The fourth-order valence-corrected chi connectivity index (χ4v) is 1.53. The Morgan fingerprint density at radius 1 is 1.14 bits per heavy atom. The van der Waals surface area contributed by atoms with Crippen LogP contribution < -0.4 is 0 Å². The predicted molar refractivity (Wildman–Crippen MR) is 62.6 cm³/mol. The van der Waals surface area contributed by atoms with Crippen molar-refractivity contribution in [3.8, 4) is 0 Å². The number of nitro groups is 1. The molecule has 0 heterocycles. The molecule has 0 aliphatic heterocycles. The molecule has 4 nitrogen and oxygen atoms in total. The van der Waals surface area contributed by atoms with E-state index in [1.165, 1.54) is 0 Å². The van der Waals surface area contributed by atoms with Crippen molar-refractivity contribution in [3.63, 3.8) is 0 Å². The highest BCUT2D eigenvalue weighted by atomic mass is 35.5. The molecule has 0 amide bonds. The zero-order valence-corrected chi connectivity index (χ0v) is 10.9. The van der Waals surface area contributed by atoms with Crippen LogP contribution >= 0.6 is 11.6 Å².